The van der Waals surface area contributed by atoms with Crippen LogP contribution in [0.1, 0.15) is 19.4 Å². The van der Waals surface area contributed by atoms with Gasteiger partial charge in [0.2, 0.25) is 0 Å². The molecule has 0 aliphatic rings. The highest BCUT2D eigenvalue weighted by Gasteiger charge is 2.27. The standard InChI is InChI=1S/C11H13BrF2O/c1-11(2,6-12)10-8(14)4-7(13)5-9(10)15-3/h4-5H,6H2,1-3H3. The van der Waals surface area contributed by atoms with Crippen LogP contribution < -0.4 is 4.74 Å². The largest absolute Gasteiger partial charge is 0.496 e. The van der Waals surface area contributed by atoms with Gasteiger partial charge in [-0.25, -0.2) is 8.78 Å². The van der Waals surface area contributed by atoms with E-state index in [1.807, 2.05) is 13.8 Å². The Balaban J connectivity index is 3.39. The highest BCUT2D eigenvalue weighted by Crippen LogP contribution is 2.35. The first-order valence-electron chi connectivity index (χ1n) is 4.52. The Labute approximate surface area is 96.6 Å². The van der Waals surface area contributed by atoms with Crippen LogP contribution in [-0.4, -0.2) is 12.4 Å². The molecule has 0 spiro atoms. The number of halogens is 3. The van der Waals surface area contributed by atoms with E-state index in [1.54, 1.807) is 0 Å². The smallest absolute Gasteiger partial charge is 0.133 e. The Morgan fingerprint density at radius 2 is 1.93 bits per heavy atom. The molecular formula is C11H13BrF2O. The molecule has 0 unspecified atom stereocenters. The van der Waals surface area contributed by atoms with E-state index in [1.165, 1.54) is 13.2 Å². The second-order valence-corrected chi connectivity index (χ2v) is 4.54. The third kappa shape index (κ3) is 2.48. The van der Waals surface area contributed by atoms with Crippen LogP contribution in [0.5, 0.6) is 5.75 Å². The van der Waals surface area contributed by atoms with Crippen molar-refractivity contribution in [3.05, 3.63) is 29.3 Å². The third-order valence-corrected chi connectivity index (χ3v) is 3.65. The molecule has 0 amide bonds. The van der Waals surface area contributed by atoms with Crippen LogP contribution >= 0.6 is 15.9 Å². The molecule has 0 radical (unpaired) electrons. The number of hydrogen-bond donors (Lipinski definition) is 0. The predicted octanol–water partition coefficient (Wildman–Crippen LogP) is 3.65. The van der Waals surface area contributed by atoms with E-state index in [2.05, 4.69) is 15.9 Å². The van der Waals surface area contributed by atoms with Gasteiger partial charge in [-0.2, -0.15) is 0 Å². The van der Waals surface area contributed by atoms with Crippen LogP contribution in [0.3, 0.4) is 0 Å². The van der Waals surface area contributed by atoms with Gasteiger partial charge in [0.25, 0.3) is 0 Å². The summed E-state index contributed by atoms with van der Waals surface area (Å²) in [7, 11) is 1.40. The summed E-state index contributed by atoms with van der Waals surface area (Å²) in [5.74, 6) is -0.952. The number of ether oxygens (including phenoxy) is 1. The van der Waals surface area contributed by atoms with Crippen LogP contribution in [0, 0.1) is 11.6 Å². The lowest BCUT2D eigenvalue weighted by atomic mass is 9.85. The second-order valence-electron chi connectivity index (χ2n) is 3.98. The van der Waals surface area contributed by atoms with Crippen molar-refractivity contribution in [3.63, 3.8) is 0 Å². The van der Waals surface area contributed by atoms with Gasteiger partial charge in [0.1, 0.15) is 17.4 Å². The van der Waals surface area contributed by atoms with Gasteiger partial charge in [0.05, 0.1) is 7.11 Å². The van der Waals surface area contributed by atoms with Crippen molar-refractivity contribution in [3.8, 4) is 5.75 Å². The maximum absolute atomic E-state index is 13.6. The maximum atomic E-state index is 13.6. The van der Waals surface area contributed by atoms with Crippen LogP contribution in [0.4, 0.5) is 8.78 Å². The Morgan fingerprint density at radius 3 is 2.40 bits per heavy atom. The average molecular weight is 279 g/mol. The van der Waals surface area contributed by atoms with Crippen LogP contribution in [-0.2, 0) is 5.41 Å². The number of rotatable bonds is 3. The normalized spacial score (nSPS) is 11.6. The molecule has 15 heavy (non-hydrogen) atoms. The Morgan fingerprint density at radius 1 is 1.33 bits per heavy atom. The summed E-state index contributed by atoms with van der Waals surface area (Å²) in [4.78, 5) is 0. The molecular weight excluding hydrogens is 266 g/mol. The lowest BCUT2D eigenvalue weighted by Crippen LogP contribution is -2.22. The average Bonchev–Trinajstić information content (AvgIpc) is 2.15. The fourth-order valence-corrected chi connectivity index (χ4v) is 1.71. The van der Waals surface area contributed by atoms with Gasteiger partial charge >= 0.3 is 0 Å². The molecule has 0 saturated carbocycles. The third-order valence-electron chi connectivity index (χ3n) is 2.25. The van der Waals surface area contributed by atoms with E-state index in [0.29, 0.717) is 10.9 Å². The first-order valence-corrected chi connectivity index (χ1v) is 5.64. The summed E-state index contributed by atoms with van der Waals surface area (Å²) in [5.41, 5.74) is -0.0494. The number of hydrogen-bond acceptors (Lipinski definition) is 1. The lowest BCUT2D eigenvalue weighted by molar-refractivity contribution is 0.384. The second kappa shape index (κ2) is 4.47. The van der Waals surface area contributed by atoms with E-state index in [4.69, 9.17) is 4.74 Å². The van der Waals surface area contributed by atoms with Gasteiger partial charge in [-0.15, -0.1) is 0 Å². The van der Waals surface area contributed by atoms with Crippen molar-refractivity contribution in [1.29, 1.82) is 0 Å². The fourth-order valence-electron chi connectivity index (χ4n) is 1.43. The summed E-state index contributed by atoms with van der Waals surface area (Å²) in [6, 6.07) is 2.07. The Bertz CT molecular complexity index is 364. The van der Waals surface area contributed by atoms with Crippen molar-refractivity contribution in [2.45, 2.75) is 19.3 Å². The van der Waals surface area contributed by atoms with Crippen LogP contribution in [0.25, 0.3) is 0 Å². The zero-order valence-electron chi connectivity index (χ0n) is 8.90. The first kappa shape index (κ1) is 12.4. The van der Waals surface area contributed by atoms with E-state index in [0.717, 1.165) is 6.07 Å². The van der Waals surface area contributed by atoms with Gasteiger partial charge in [-0.3, -0.25) is 0 Å². The molecule has 0 aliphatic carbocycles. The molecule has 0 saturated heterocycles. The monoisotopic (exact) mass is 278 g/mol. The molecule has 0 fully saturated rings. The van der Waals surface area contributed by atoms with Crippen molar-refractivity contribution >= 4 is 15.9 Å². The zero-order chi connectivity index (χ0) is 11.6. The number of benzene rings is 1. The summed E-state index contributed by atoms with van der Waals surface area (Å²) < 4.78 is 31.6. The quantitative estimate of drug-likeness (QED) is 0.767. The minimum atomic E-state index is -0.626. The molecule has 0 aromatic heterocycles. The van der Waals surface area contributed by atoms with E-state index in [9.17, 15) is 8.78 Å². The minimum Gasteiger partial charge on any atom is -0.496 e. The molecule has 0 atom stereocenters. The summed E-state index contributed by atoms with van der Waals surface area (Å²) in [5, 5.41) is 0.568. The summed E-state index contributed by atoms with van der Waals surface area (Å²) in [6.45, 7) is 3.72. The Kier molecular flexibility index (Phi) is 3.71. The number of alkyl halides is 1. The van der Waals surface area contributed by atoms with E-state index in [-0.39, 0.29) is 5.75 Å². The Hall–Kier alpha value is -0.640. The van der Waals surface area contributed by atoms with Crippen LogP contribution in [0.2, 0.25) is 0 Å². The molecule has 1 nitrogen and oxygen atoms in total. The highest BCUT2D eigenvalue weighted by atomic mass is 79.9. The summed E-state index contributed by atoms with van der Waals surface area (Å²) in [6.07, 6.45) is 0. The zero-order valence-corrected chi connectivity index (χ0v) is 10.5. The molecule has 1 rings (SSSR count). The van der Waals surface area contributed by atoms with Crippen molar-refractivity contribution in [2.24, 2.45) is 0 Å². The molecule has 0 aliphatic heterocycles. The predicted molar refractivity (Wildman–Crippen MR) is 59.7 cm³/mol. The molecule has 0 N–H and O–H groups in total. The van der Waals surface area contributed by atoms with Gasteiger partial charge in [0, 0.05) is 28.4 Å². The van der Waals surface area contributed by atoms with Crippen LogP contribution in [0.15, 0.2) is 12.1 Å². The molecule has 0 bridgehead atoms. The lowest BCUT2D eigenvalue weighted by Gasteiger charge is -2.25. The fraction of sp³-hybridized carbons (Fsp3) is 0.455. The van der Waals surface area contributed by atoms with Gasteiger partial charge in [-0.05, 0) is 0 Å². The summed E-state index contributed by atoms with van der Waals surface area (Å²) >= 11 is 3.31. The van der Waals surface area contributed by atoms with Crippen molar-refractivity contribution < 1.29 is 13.5 Å². The first-order chi connectivity index (χ1) is 6.92. The topological polar surface area (TPSA) is 9.23 Å². The van der Waals surface area contributed by atoms with Gasteiger partial charge in [0.15, 0.2) is 0 Å². The molecule has 4 heteroatoms. The number of methoxy groups -OCH3 is 1. The van der Waals surface area contributed by atoms with Gasteiger partial charge < -0.3 is 4.74 Å². The molecule has 84 valence electrons. The molecule has 0 heterocycles. The van der Waals surface area contributed by atoms with Gasteiger partial charge in [-0.1, -0.05) is 29.8 Å². The SMILES string of the molecule is COc1cc(F)cc(F)c1C(C)(C)CBr. The van der Waals surface area contributed by atoms with Crippen molar-refractivity contribution in [2.75, 3.05) is 12.4 Å². The molecule has 1 aromatic carbocycles. The van der Waals surface area contributed by atoms with Crippen molar-refractivity contribution in [1.82, 2.24) is 0 Å². The highest BCUT2D eigenvalue weighted by molar-refractivity contribution is 9.09. The van der Waals surface area contributed by atoms with E-state index >= 15 is 0 Å². The van der Waals surface area contributed by atoms with E-state index < -0.39 is 17.0 Å². The maximum Gasteiger partial charge on any atom is 0.133 e. The molecule has 1 aromatic rings. The minimum absolute atomic E-state index is 0.247.